The Bertz CT molecular complexity index is 2320. The van der Waals surface area contributed by atoms with Crippen molar-refractivity contribution >= 4 is 70.7 Å². The quantitative estimate of drug-likeness (QED) is 0.0227. The van der Waals surface area contributed by atoms with Crippen LogP contribution in [0, 0.1) is 11.6 Å². The molecule has 2 aliphatic rings. The lowest BCUT2D eigenvalue weighted by Crippen LogP contribution is -2.34. The van der Waals surface area contributed by atoms with Gasteiger partial charge in [0.2, 0.25) is 0 Å². The van der Waals surface area contributed by atoms with Gasteiger partial charge in [-0.3, -0.25) is 0 Å². The maximum absolute atomic E-state index is 19.7. The fourth-order valence-corrected chi connectivity index (χ4v) is 14.6. The third-order valence-corrected chi connectivity index (χ3v) is 18.4. The average molecular weight is 1060 g/mol. The van der Waals surface area contributed by atoms with Crippen LogP contribution in [0.4, 0.5) is 8.78 Å². The van der Waals surface area contributed by atoms with Crippen LogP contribution in [-0.4, -0.2) is 51.8 Å². The summed E-state index contributed by atoms with van der Waals surface area (Å²) < 4.78 is 58.2. The molecule has 7 rings (SSSR count). The van der Waals surface area contributed by atoms with Gasteiger partial charge in [-0.2, -0.15) is 17.5 Å². The van der Waals surface area contributed by atoms with E-state index in [9.17, 15) is 20.1 Å². The zero-order valence-corrected chi connectivity index (χ0v) is 47.5. The molecule has 0 unspecified atom stereocenters. The van der Waals surface area contributed by atoms with Gasteiger partial charge in [0.15, 0.2) is 0 Å². The molecular formula is C60H90B2F2N4O4S2. The minimum atomic E-state index is -1.85. The third kappa shape index (κ3) is 13.0. The summed E-state index contributed by atoms with van der Waals surface area (Å²) in [7, 11) is -3.70. The zero-order chi connectivity index (χ0) is 52.5. The first-order valence-electron chi connectivity index (χ1n) is 30.0. The number of unbranched alkanes of at least 4 members (excludes halogenated alkanes) is 28. The Morgan fingerprint density at radius 2 is 0.608 bits per heavy atom. The van der Waals surface area contributed by atoms with Gasteiger partial charge < -0.3 is 20.1 Å². The van der Waals surface area contributed by atoms with E-state index in [2.05, 4.69) is 36.4 Å². The summed E-state index contributed by atoms with van der Waals surface area (Å²) in [6.07, 6.45) is 37.5. The minimum absolute atomic E-state index is 0.222. The van der Waals surface area contributed by atoms with Crippen molar-refractivity contribution in [2.75, 3.05) is 0 Å². The second kappa shape index (κ2) is 29.2. The molecule has 2 aliphatic carbocycles. The highest BCUT2D eigenvalue weighted by Gasteiger charge is 2.55. The summed E-state index contributed by atoms with van der Waals surface area (Å²) in [4.78, 5) is 0. The van der Waals surface area contributed by atoms with E-state index >= 15 is 8.78 Å². The molecule has 0 radical (unpaired) electrons. The molecule has 0 spiro atoms. The van der Waals surface area contributed by atoms with Crippen LogP contribution < -0.4 is 10.9 Å². The van der Waals surface area contributed by atoms with E-state index < -0.39 is 36.7 Å². The van der Waals surface area contributed by atoms with Gasteiger partial charge in [0.25, 0.3) is 0 Å². The summed E-state index contributed by atoms with van der Waals surface area (Å²) in [5.41, 5.74) is 3.67. The van der Waals surface area contributed by atoms with Gasteiger partial charge in [-0.1, -0.05) is 245 Å². The Balaban J connectivity index is 1.44. The summed E-state index contributed by atoms with van der Waals surface area (Å²) >= 11 is 1.93. The number of fused-ring (bicyclic) bond motifs is 10. The van der Waals surface area contributed by atoms with Crippen molar-refractivity contribution in [3.63, 3.8) is 0 Å². The fourth-order valence-electron chi connectivity index (χ4n) is 13.4. The topological polar surface area (TPSA) is 132 Å². The largest absolute Gasteiger partial charge is 0.490 e. The van der Waals surface area contributed by atoms with Crippen LogP contribution in [-0.2, 0) is 10.8 Å². The zero-order valence-electron chi connectivity index (χ0n) is 45.9. The molecule has 8 nitrogen and oxygen atoms in total. The summed E-state index contributed by atoms with van der Waals surface area (Å²) in [6, 6.07) is 3.64. The van der Waals surface area contributed by atoms with Crippen molar-refractivity contribution in [2.24, 2.45) is 0 Å². The van der Waals surface area contributed by atoms with Crippen molar-refractivity contribution in [1.82, 2.24) is 17.5 Å². The SMILES string of the molecule is CCCCCCCCCCC1(CCCCCCCCCC)c2cc(B(O)O)c3nsnc3c2-c2c(F)c3c(c(F)c21)-c1c(cc(B(O)O)c2nsnc12)C3(CCCCCCCCCC)CCCCCCCCCC. The highest BCUT2D eigenvalue weighted by atomic mass is 32.1. The van der Waals surface area contributed by atoms with Crippen molar-refractivity contribution in [1.29, 1.82) is 0 Å². The van der Waals surface area contributed by atoms with E-state index in [1.165, 1.54) is 103 Å². The van der Waals surface area contributed by atoms with Crippen LogP contribution in [0.3, 0.4) is 0 Å². The normalized spacial score (nSPS) is 14.1. The molecule has 74 heavy (non-hydrogen) atoms. The van der Waals surface area contributed by atoms with Gasteiger partial charge in [0.1, 0.15) is 33.7 Å². The molecule has 0 saturated carbocycles. The van der Waals surface area contributed by atoms with E-state index in [1.807, 2.05) is 12.1 Å². The molecule has 0 bridgehead atoms. The van der Waals surface area contributed by atoms with Gasteiger partial charge in [0.05, 0.1) is 23.5 Å². The van der Waals surface area contributed by atoms with E-state index in [1.54, 1.807) is 0 Å². The molecule has 4 N–H and O–H groups in total. The molecule has 0 atom stereocenters. The Kier molecular flexibility index (Phi) is 23.2. The van der Waals surface area contributed by atoms with Crippen molar-refractivity contribution in [3.05, 3.63) is 46.0 Å². The maximum atomic E-state index is 19.7. The molecule has 0 fully saturated rings. The van der Waals surface area contributed by atoms with E-state index in [0.717, 1.165) is 137 Å². The average Bonchev–Trinajstić information content (AvgIpc) is 4.19. The third-order valence-electron chi connectivity index (χ3n) is 17.4. The van der Waals surface area contributed by atoms with Crippen LogP contribution in [0.5, 0.6) is 0 Å². The van der Waals surface area contributed by atoms with Gasteiger partial charge in [-0.25, -0.2) is 8.78 Å². The maximum Gasteiger partial charge on any atom is 0.490 e. The first-order chi connectivity index (χ1) is 36.1. The Morgan fingerprint density at radius 3 is 0.865 bits per heavy atom. The summed E-state index contributed by atoms with van der Waals surface area (Å²) in [6.45, 7) is 8.93. The van der Waals surface area contributed by atoms with Gasteiger partial charge in [0, 0.05) is 55.1 Å². The molecule has 0 amide bonds. The predicted molar refractivity (Wildman–Crippen MR) is 309 cm³/mol. The predicted octanol–water partition coefficient (Wildman–Crippen LogP) is 16.0. The Hall–Kier alpha value is -2.87. The van der Waals surface area contributed by atoms with Crippen molar-refractivity contribution in [2.45, 2.75) is 270 Å². The van der Waals surface area contributed by atoms with Gasteiger partial charge >= 0.3 is 14.2 Å². The smallest absolute Gasteiger partial charge is 0.423 e. The lowest BCUT2D eigenvalue weighted by atomic mass is 9.67. The first-order valence-corrected chi connectivity index (χ1v) is 31.5. The molecule has 406 valence electrons. The van der Waals surface area contributed by atoms with Gasteiger partial charge in [-0.15, -0.1) is 0 Å². The summed E-state index contributed by atoms with van der Waals surface area (Å²) in [5, 5.41) is 44.2. The molecule has 2 aromatic heterocycles. The minimum Gasteiger partial charge on any atom is -0.423 e. The molecular weight excluding hydrogens is 964 g/mol. The van der Waals surface area contributed by atoms with Crippen LogP contribution in [0.25, 0.3) is 44.3 Å². The van der Waals surface area contributed by atoms with Crippen LogP contribution in [0.2, 0.25) is 0 Å². The number of halogens is 2. The summed E-state index contributed by atoms with van der Waals surface area (Å²) in [5.74, 6) is -0.869. The molecule has 0 aliphatic heterocycles. The molecule has 14 heteroatoms. The molecule has 5 aromatic rings. The second-order valence-corrected chi connectivity index (χ2v) is 23.7. The van der Waals surface area contributed by atoms with E-state index in [0.29, 0.717) is 70.0 Å². The highest BCUT2D eigenvalue weighted by Crippen LogP contribution is 2.64. The Labute approximate surface area is 452 Å². The number of hydrogen-bond acceptors (Lipinski definition) is 10. The highest BCUT2D eigenvalue weighted by molar-refractivity contribution is 7.00. The number of rotatable bonds is 38. The van der Waals surface area contributed by atoms with Gasteiger partial charge in [-0.05, 0) is 36.8 Å². The van der Waals surface area contributed by atoms with Crippen LogP contribution >= 0.6 is 23.5 Å². The van der Waals surface area contributed by atoms with E-state index in [4.69, 9.17) is 8.75 Å². The van der Waals surface area contributed by atoms with Crippen molar-refractivity contribution < 1.29 is 28.9 Å². The lowest BCUT2D eigenvalue weighted by molar-refractivity contribution is 0.374. The second-order valence-electron chi connectivity index (χ2n) is 22.6. The first kappa shape index (κ1) is 58.8. The Morgan fingerprint density at radius 1 is 0.365 bits per heavy atom. The van der Waals surface area contributed by atoms with Crippen LogP contribution in [0.15, 0.2) is 12.1 Å². The number of aromatic nitrogens is 4. The monoisotopic (exact) mass is 1050 g/mol. The standard InChI is InChI=1S/C60H90B2F2N4O4S2/c1-5-9-13-17-21-25-29-33-37-59(38-34-30-26-22-18-14-10-6-2)43-41-45(61(69)70)55-57(67-73-65-55)47(43)49-51(59)53(63)50-48-44(42-46(62(71)72)56-58(48)68-74-66-56)60(52(50)54(49)64,39-35-31-27-23-19-15-11-7-3)40-36-32-28-24-20-16-12-8-4/h41-42,69-72H,5-40H2,1-4H3. The fraction of sp³-hybridized carbons (Fsp3) is 0.700. The molecule has 2 heterocycles. The number of hydrogen-bond donors (Lipinski definition) is 4. The molecule has 0 saturated heterocycles. The van der Waals surface area contributed by atoms with Crippen LogP contribution in [0.1, 0.15) is 281 Å². The van der Waals surface area contributed by atoms with E-state index in [-0.39, 0.29) is 22.1 Å². The lowest BCUT2D eigenvalue weighted by Gasteiger charge is -2.35. The molecule has 3 aromatic carbocycles. The number of nitrogens with zero attached hydrogens (tertiary/aromatic N) is 4. The number of benzene rings is 3. The van der Waals surface area contributed by atoms with Crippen molar-refractivity contribution in [3.8, 4) is 22.3 Å².